The Labute approximate surface area is 157 Å². The lowest BCUT2D eigenvalue weighted by Gasteiger charge is -2.24. The zero-order valence-electron chi connectivity index (χ0n) is 15.7. The maximum Gasteiger partial charge on any atom is 0.0976 e. The van der Waals surface area contributed by atoms with Gasteiger partial charge in [-0.2, -0.15) is 5.10 Å². The van der Waals surface area contributed by atoms with Gasteiger partial charge < -0.3 is 0 Å². The number of hydrogen-bond acceptors (Lipinski definition) is 3. The monoisotopic (exact) mass is 370 g/mol. The number of fused-ring (bicyclic) bond motifs is 1. The van der Waals surface area contributed by atoms with E-state index in [4.69, 9.17) is 4.98 Å². The van der Waals surface area contributed by atoms with Gasteiger partial charge in [-0.1, -0.05) is 31.5 Å². The number of rotatable bonds is 6. The largest absolute Gasteiger partial charge is 0.278 e. The van der Waals surface area contributed by atoms with Crippen molar-refractivity contribution in [3.05, 3.63) is 48.3 Å². The third-order valence-corrected chi connectivity index (χ3v) is 5.86. The van der Waals surface area contributed by atoms with Crippen LogP contribution in [0.4, 0.5) is 0 Å². The molecule has 2 aromatic heterocycles. The highest BCUT2D eigenvalue weighted by Crippen LogP contribution is 2.25. The van der Waals surface area contributed by atoms with Crippen molar-refractivity contribution in [2.45, 2.75) is 51.3 Å². The van der Waals surface area contributed by atoms with Gasteiger partial charge >= 0.3 is 0 Å². The molecule has 3 aromatic rings. The molecule has 138 valence electrons. The molecule has 2 N–H and O–H groups in total. The van der Waals surface area contributed by atoms with Gasteiger partial charge in [-0.3, -0.25) is 10.1 Å². The zero-order chi connectivity index (χ0) is 18.7. The van der Waals surface area contributed by atoms with Crippen LogP contribution in [0.1, 0.15) is 52.3 Å². The van der Waals surface area contributed by atoms with Crippen LogP contribution in [0.15, 0.2) is 42.6 Å². The molecule has 0 bridgehead atoms. The van der Waals surface area contributed by atoms with Crippen LogP contribution >= 0.6 is 0 Å². The Bertz CT molecular complexity index is 913. The van der Waals surface area contributed by atoms with Crippen LogP contribution in [0.3, 0.4) is 0 Å². The van der Waals surface area contributed by atoms with Crippen LogP contribution in [-0.2, 0) is 11.0 Å². The van der Waals surface area contributed by atoms with E-state index < -0.39 is 11.0 Å². The number of H-pyrrole nitrogens is 1. The summed E-state index contributed by atoms with van der Waals surface area (Å²) in [6.07, 6.45) is 3.69. The van der Waals surface area contributed by atoms with Crippen LogP contribution in [0.25, 0.3) is 22.2 Å². The highest BCUT2D eigenvalue weighted by atomic mass is 32.2. The Balaban J connectivity index is 1.91. The van der Waals surface area contributed by atoms with Crippen molar-refractivity contribution in [1.29, 1.82) is 0 Å². The van der Waals surface area contributed by atoms with E-state index in [-0.39, 0.29) is 10.8 Å². The van der Waals surface area contributed by atoms with Gasteiger partial charge in [-0.15, -0.1) is 0 Å². The van der Waals surface area contributed by atoms with Crippen LogP contribution < -0.4 is 4.72 Å². The van der Waals surface area contributed by atoms with Gasteiger partial charge in [0.25, 0.3) is 0 Å². The highest BCUT2D eigenvalue weighted by molar-refractivity contribution is 7.84. The molecule has 0 fully saturated rings. The summed E-state index contributed by atoms with van der Waals surface area (Å²) in [7, 11) is -1.14. The summed E-state index contributed by atoms with van der Waals surface area (Å²) in [5.74, 6) is 0. The van der Waals surface area contributed by atoms with Gasteiger partial charge in [-0.05, 0) is 45.4 Å². The van der Waals surface area contributed by atoms with Crippen molar-refractivity contribution in [1.82, 2.24) is 19.9 Å². The Morgan fingerprint density at radius 1 is 1.23 bits per heavy atom. The minimum atomic E-state index is -1.14. The number of pyridine rings is 1. The first-order valence-electron chi connectivity index (χ1n) is 8.97. The first kappa shape index (κ1) is 18.7. The van der Waals surface area contributed by atoms with E-state index in [1.54, 1.807) is 0 Å². The van der Waals surface area contributed by atoms with Crippen molar-refractivity contribution in [3.8, 4) is 11.3 Å². The summed E-state index contributed by atoms with van der Waals surface area (Å²) in [6, 6.07) is 12.1. The number of nitrogens with one attached hydrogen (secondary N) is 2. The average molecular weight is 371 g/mol. The number of nitrogens with zero attached hydrogens (tertiary/aromatic N) is 2. The molecule has 0 aliphatic heterocycles. The normalized spacial score (nSPS) is 14.5. The number of aromatic amines is 1. The molecule has 0 spiro atoms. The van der Waals surface area contributed by atoms with Gasteiger partial charge in [0.15, 0.2) is 0 Å². The quantitative estimate of drug-likeness (QED) is 0.670. The molecule has 0 saturated heterocycles. The number of hydrogen-bond donors (Lipinski definition) is 2. The van der Waals surface area contributed by atoms with Gasteiger partial charge in [0, 0.05) is 10.9 Å². The predicted octanol–water partition coefficient (Wildman–Crippen LogP) is 4.52. The van der Waals surface area contributed by atoms with Gasteiger partial charge in [-0.25, -0.2) is 8.93 Å². The van der Waals surface area contributed by atoms with E-state index in [1.165, 1.54) is 0 Å². The molecule has 2 heterocycles. The molecule has 26 heavy (non-hydrogen) atoms. The van der Waals surface area contributed by atoms with E-state index in [0.29, 0.717) is 0 Å². The maximum atomic E-state index is 12.6. The molecular weight excluding hydrogens is 344 g/mol. The standard InChI is InChI=1S/C20H26N4OS/c1-5-7-18(24-26(25)20(2,3)4)17-9-6-8-16(22-17)14-10-11-15-13-21-23-19(15)12-14/h6,8-13,18,24H,5,7H2,1-4H3,(H,21,23)/t18-,26+/m0/s1. The molecule has 2 atom stereocenters. The first-order chi connectivity index (χ1) is 12.4. The summed E-state index contributed by atoms with van der Waals surface area (Å²) in [4.78, 5) is 4.86. The number of aromatic nitrogens is 3. The van der Waals surface area contributed by atoms with Crippen molar-refractivity contribution in [3.63, 3.8) is 0 Å². The van der Waals surface area contributed by atoms with E-state index in [9.17, 15) is 4.21 Å². The topological polar surface area (TPSA) is 70.7 Å². The smallest absolute Gasteiger partial charge is 0.0976 e. The van der Waals surface area contributed by atoms with Gasteiger partial charge in [0.2, 0.25) is 0 Å². The Morgan fingerprint density at radius 2 is 2.04 bits per heavy atom. The van der Waals surface area contributed by atoms with E-state index in [1.807, 2.05) is 51.2 Å². The van der Waals surface area contributed by atoms with Crippen molar-refractivity contribution in [2.24, 2.45) is 0 Å². The van der Waals surface area contributed by atoms with Crippen molar-refractivity contribution in [2.75, 3.05) is 0 Å². The predicted molar refractivity (Wildman–Crippen MR) is 108 cm³/mol. The van der Waals surface area contributed by atoms with Crippen LogP contribution in [0.5, 0.6) is 0 Å². The second kappa shape index (κ2) is 7.68. The lowest BCUT2D eigenvalue weighted by atomic mass is 10.1. The van der Waals surface area contributed by atoms with Crippen LogP contribution in [0.2, 0.25) is 0 Å². The summed E-state index contributed by atoms with van der Waals surface area (Å²) in [5.41, 5.74) is 3.86. The average Bonchev–Trinajstić information content (AvgIpc) is 3.08. The summed E-state index contributed by atoms with van der Waals surface area (Å²) in [6.45, 7) is 8.05. The first-order valence-corrected chi connectivity index (χ1v) is 10.1. The molecule has 0 aliphatic rings. The molecule has 6 heteroatoms. The summed E-state index contributed by atoms with van der Waals surface area (Å²) >= 11 is 0. The molecule has 5 nitrogen and oxygen atoms in total. The molecule has 0 radical (unpaired) electrons. The molecule has 0 amide bonds. The van der Waals surface area contributed by atoms with Gasteiger partial charge in [0.05, 0.1) is 44.9 Å². The van der Waals surface area contributed by atoms with Crippen LogP contribution in [0, 0.1) is 0 Å². The van der Waals surface area contributed by atoms with Crippen molar-refractivity contribution < 1.29 is 4.21 Å². The summed E-state index contributed by atoms with van der Waals surface area (Å²) < 4.78 is 15.5. The fourth-order valence-electron chi connectivity index (χ4n) is 2.76. The molecule has 0 unspecified atom stereocenters. The minimum absolute atomic E-state index is 0.0316. The maximum absolute atomic E-state index is 12.6. The second-order valence-corrected chi connectivity index (χ2v) is 9.46. The Kier molecular flexibility index (Phi) is 5.53. The van der Waals surface area contributed by atoms with E-state index in [0.717, 1.165) is 40.7 Å². The third-order valence-electron chi connectivity index (χ3n) is 4.25. The molecule has 3 rings (SSSR count). The summed E-state index contributed by atoms with van der Waals surface area (Å²) in [5, 5.41) is 8.15. The lowest BCUT2D eigenvalue weighted by molar-refractivity contribution is 0.555. The molecule has 0 saturated carbocycles. The highest BCUT2D eigenvalue weighted by Gasteiger charge is 2.24. The molecular formula is C20H26N4OS. The molecule has 0 aliphatic carbocycles. The van der Waals surface area contributed by atoms with E-state index in [2.05, 4.69) is 34.0 Å². The second-order valence-electron chi connectivity index (χ2n) is 7.46. The SMILES string of the molecule is CCC[C@H](N[S@](=O)C(C)(C)C)c1cccc(-c2ccc3cn[nH]c3c2)n1. The minimum Gasteiger partial charge on any atom is -0.278 e. The van der Waals surface area contributed by atoms with Crippen molar-refractivity contribution >= 4 is 21.9 Å². The van der Waals surface area contributed by atoms with Crippen LogP contribution in [-0.4, -0.2) is 24.1 Å². The third kappa shape index (κ3) is 4.19. The van der Waals surface area contributed by atoms with Gasteiger partial charge in [0.1, 0.15) is 0 Å². The number of benzene rings is 1. The fraction of sp³-hybridized carbons (Fsp3) is 0.400. The fourth-order valence-corrected chi connectivity index (χ4v) is 3.62. The van der Waals surface area contributed by atoms with E-state index >= 15 is 0 Å². The molecule has 1 aromatic carbocycles. The Morgan fingerprint density at radius 3 is 2.77 bits per heavy atom. The zero-order valence-corrected chi connectivity index (χ0v) is 16.6. The lowest BCUT2D eigenvalue weighted by Crippen LogP contribution is -2.36. The Hall–Kier alpha value is -2.05.